The van der Waals surface area contributed by atoms with Gasteiger partial charge in [0.05, 0.1) is 18.1 Å². The van der Waals surface area contributed by atoms with Crippen molar-refractivity contribution < 1.29 is 27.5 Å². The Kier molecular flexibility index (Phi) is 7.54. The molecule has 10 heteroatoms. The van der Waals surface area contributed by atoms with Crippen molar-refractivity contribution >= 4 is 38.5 Å². The number of sulfonamides is 1. The summed E-state index contributed by atoms with van der Waals surface area (Å²) in [5, 5.41) is 3.70. The predicted octanol–water partition coefficient (Wildman–Crippen LogP) is 3.00. The highest BCUT2D eigenvalue weighted by molar-refractivity contribution is 7.89. The highest BCUT2D eigenvalue weighted by Crippen LogP contribution is 2.25. The molecule has 1 amide bonds. The van der Waals surface area contributed by atoms with Crippen molar-refractivity contribution in [1.29, 1.82) is 0 Å². The molecule has 4 rings (SSSR count). The summed E-state index contributed by atoms with van der Waals surface area (Å²) in [7, 11) is -3.72. The van der Waals surface area contributed by atoms with Gasteiger partial charge in [0.1, 0.15) is 0 Å². The average Bonchev–Trinajstić information content (AvgIpc) is 3.27. The van der Waals surface area contributed by atoms with Crippen molar-refractivity contribution in [2.75, 3.05) is 31.6 Å². The van der Waals surface area contributed by atoms with Crippen molar-refractivity contribution in [3.05, 3.63) is 59.8 Å². The number of nitrogens with one attached hydrogen (secondary N) is 2. The summed E-state index contributed by atoms with van der Waals surface area (Å²) in [6.07, 6.45) is 1.45. The van der Waals surface area contributed by atoms with E-state index in [0.29, 0.717) is 30.9 Å². The first-order chi connectivity index (χ1) is 16.8. The first-order valence-corrected chi connectivity index (χ1v) is 12.9. The van der Waals surface area contributed by atoms with Gasteiger partial charge >= 0.3 is 5.97 Å². The van der Waals surface area contributed by atoms with E-state index in [1.165, 1.54) is 17.3 Å². The van der Waals surface area contributed by atoms with Gasteiger partial charge in [0.25, 0.3) is 5.91 Å². The Morgan fingerprint density at radius 1 is 1.17 bits per heavy atom. The van der Waals surface area contributed by atoms with Gasteiger partial charge in [-0.2, -0.15) is 4.31 Å². The largest absolute Gasteiger partial charge is 0.453 e. The zero-order chi connectivity index (χ0) is 25.0. The molecule has 0 radical (unpaired) electrons. The van der Waals surface area contributed by atoms with E-state index in [1.807, 2.05) is 30.5 Å². The number of anilines is 1. The summed E-state index contributed by atoms with van der Waals surface area (Å²) >= 11 is 0. The van der Waals surface area contributed by atoms with Crippen LogP contribution in [0.4, 0.5) is 5.69 Å². The molecule has 9 nitrogen and oxygen atoms in total. The van der Waals surface area contributed by atoms with Crippen LogP contribution in [-0.2, 0) is 35.5 Å². The van der Waals surface area contributed by atoms with E-state index >= 15 is 0 Å². The van der Waals surface area contributed by atoms with Crippen LogP contribution in [0.2, 0.25) is 0 Å². The first kappa shape index (κ1) is 24.9. The Morgan fingerprint density at radius 3 is 2.69 bits per heavy atom. The van der Waals surface area contributed by atoms with Gasteiger partial charge in [-0.1, -0.05) is 24.3 Å². The Labute approximate surface area is 204 Å². The monoisotopic (exact) mass is 499 g/mol. The number of aromatic amines is 1. The first-order valence-electron chi connectivity index (χ1n) is 11.5. The zero-order valence-corrected chi connectivity index (χ0v) is 20.6. The zero-order valence-electron chi connectivity index (χ0n) is 19.7. The van der Waals surface area contributed by atoms with Crippen LogP contribution in [0, 0.1) is 6.92 Å². The van der Waals surface area contributed by atoms with Gasteiger partial charge in [0.2, 0.25) is 10.0 Å². The number of esters is 1. The SMILES string of the molecule is Cc1ccc(NC(=O)C(C)OC(=O)CCc2c[nH]c3ccccc23)cc1S(=O)(=O)N1CCOCC1. The van der Waals surface area contributed by atoms with Crippen LogP contribution in [0.3, 0.4) is 0 Å². The van der Waals surface area contributed by atoms with Crippen LogP contribution in [0.5, 0.6) is 0 Å². The lowest BCUT2D eigenvalue weighted by molar-refractivity contribution is -0.153. The summed E-state index contributed by atoms with van der Waals surface area (Å²) in [6, 6.07) is 12.5. The van der Waals surface area contributed by atoms with Crippen LogP contribution in [0.15, 0.2) is 53.6 Å². The minimum Gasteiger partial charge on any atom is -0.453 e. The van der Waals surface area contributed by atoms with Crippen molar-refractivity contribution in [1.82, 2.24) is 9.29 Å². The topological polar surface area (TPSA) is 118 Å². The van der Waals surface area contributed by atoms with Gasteiger partial charge in [0.15, 0.2) is 6.10 Å². The molecule has 3 aromatic rings. The van der Waals surface area contributed by atoms with E-state index in [2.05, 4.69) is 10.3 Å². The normalized spacial score (nSPS) is 15.6. The molecule has 2 N–H and O–H groups in total. The number of morpholine rings is 1. The molecule has 1 aromatic heterocycles. The Balaban J connectivity index is 1.35. The van der Waals surface area contributed by atoms with Crippen molar-refractivity contribution in [2.45, 2.75) is 37.7 Å². The molecule has 0 bridgehead atoms. The molecular weight excluding hydrogens is 470 g/mol. The standard InChI is InChI=1S/C25H29N3O6S/c1-17-7-9-20(15-23(17)35(31,32)28-11-13-33-14-12-28)27-25(30)18(2)34-24(29)10-8-19-16-26-22-6-4-3-5-21(19)22/h3-7,9,15-16,18,26H,8,10-14H2,1-2H3,(H,27,30). The summed E-state index contributed by atoms with van der Waals surface area (Å²) < 4.78 is 38.1. The number of amides is 1. The molecule has 1 unspecified atom stereocenters. The van der Waals surface area contributed by atoms with E-state index in [-0.39, 0.29) is 24.4 Å². The number of fused-ring (bicyclic) bond motifs is 1. The number of ether oxygens (including phenoxy) is 2. The Bertz CT molecular complexity index is 1330. The molecule has 0 spiro atoms. The second kappa shape index (κ2) is 10.6. The molecule has 0 aliphatic carbocycles. The van der Waals surface area contributed by atoms with Crippen molar-refractivity contribution in [3.8, 4) is 0 Å². The number of carbonyl (C=O) groups excluding carboxylic acids is 2. The molecule has 1 fully saturated rings. The highest BCUT2D eigenvalue weighted by Gasteiger charge is 2.28. The molecule has 1 aliphatic heterocycles. The summed E-state index contributed by atoms with van der Waals surface area (Å²) in [5.41, 5.74) is 2.89. The molecule has 1 aliphatic rings. The van der Waals surface area contributed by atoms with Crippen LogP contribution in [-0.4, -0.2) is 62.0 Å². The number of hydrogen-bond acceptors (Lipinski definition) is 6. The number of carbonyl (C=O) groups is 2. The fourth-order valence-electron chi connectivity index (χ4n) is 4.01. The fourth-order valence-corrected chi connectivity index (χ4v) is 5.67. The number of hydrogen-bond donors (Lipinski definition) is 2. The molecular formula is C25H29N3O6S. The lowest BCUT2D eigenvalue weighted by Crippen LogP contribution is -2.40. The number of nitrogens with zero attached hydrogens (tertiary/aromatic N) is 1. The third-order valence-corrected chi connectivity index (χ3v) is 8.04. The maximum absolute atomic E-state index is 13.1. The van der Waals surface area contributed by atoms with Crippen molar-refractivity contribution in [2.24, 2.45) is 0 Å². The molecule has 2 heterocycles. The van der Waals surface area contributed by atoms with Gasteiger partial charge in [-0.25, -0.2) is 8.42 Å². The van der Waals surface area contributed by atoms with Gasteiger partial charge in [-0.15, -0.1) is 0 Å². The molecule has 2 aromatic carbocycles. The van der Waals surface area contributed by atoms with Crippen LogP contribution in [0.1, 0.15) is 24.5 Å². The van der Waals surface area contributed by atoms with E-state index in [4.69, 9.17) is 9.47 Å². The molecule has 186 valence electrons. The van der Waals surface area contributed by atoms with E-state index in [0.717, 1.165) is 16.5 Å². The third-order valence-electron chi connectivity index (χ3n) is 5.99. The van der Waals surface area contributed by atoms with Crippen molar-refractivity contribution in [3.63, 3.8) is 0 Å². The third kappa shape index (κ3) is 5.72. The second-order valence-electron chi connectivity index (χ2n) is 8.48. The predicted molar refractivity (Wildman–Crippen MR) is 132 cm³/mol. The lowest BCUT2D eigenvalue weighted by Gasteiger charge is -2.27. The quantitative estimate of drug-likeness (QED) is 0.460. The minimum atomic E-state index is -3.72. The van der Waals surface area contributed by atoms with Gasteiger partial charge in [0, 0.05) is 42.3 Å². The van der Waals surface area contributed by atoms with Gasteiger partial charge in [-0.05, 0) is 49.6 Å². The Hall–Kier alpha value is -3.21. The summed E-state index contributed by atoms with van der Waals surface area (Å²) in [6.45, 7) is 4.44. The number of aryl methyl sites for hydroxylation is 2. The van der Waals surface area contributed by atoms with E-state index in [1.54, 1.807) is 19.1 Å². The Morgan fingerprint density at radius 2 is 1.91 bits per heavy atom. The highest BCUT2D eigenvalue weighted by atomic mass is 32.2. The molecule has 0 saturated carbocycles. The minimum absolute atomic E-state index is 0.126. The maximum atomic E-state index is 13.1. The van der Waals surface area contributed by atoms with Crippen LogP contribution < -0.4 is 5.32 Å². The number of para-hydroxylation sites is 1. The van der Waals surface area contributed by atoms with Crippen LogP contribution in [0.25, 0.3) is 10.9 Å². The second-order valence-corrected chi connectivity index (χ2v) is 10.4. The summed E-state index contributed by atoms with van der Waals surface area (Å²) in [4.78, 5) is 28.3. The van der Waals surface area contributed by atoms with Gasteiger partial charge < -0.3 is 19.8 Å². The molecule has 35 heavy (non-hydrogen) atoms. The molecule has 1 atom stereocenters. The number of rotatable bonds is 8. The van der Waals surface area contributed by atoms with E-state index in [9.17, 15) is 18.0 Å². The van der Waals surface area contributed by atoms with Gasteiger partial charge in [-0.3, -0.25) is 9.59 Å². The number of H-pyrrole nitrogens is 1. The van der Waals surface area contributed by atoms with Crippen LogP contribution >= 0.6 is 0 Å². The lowest BCUT2D eigenvalue weighted by atomic mass is 10.1. The van der Waals surface area contributed by atoms with E-state index < -0.39 is 28.0 Å². The number of benzene rings is 2. The summed E-state index contributed by atoms with van der Waals surface area (Å²) in [5.74, 6) is -1.03. The molecule has 1 saturated heterocycles. The maximum Gasteiger partial charge on any atom is 0.306 e. The number of aromatic nitrogens is 1. The fraction of sp³-hybridized carbons (Fsp3) is 0.360. The average molecular weight is 500 g/mol. The smallest absolute Gasteiger partial charge is 0.306 e.